The van der Waals surface area contributed by atoms with Crippen molar-refractivity contribution in [3.63, 3.8) is 0 Å². The number of carbonyl (C=O) groups excluding carboxylic acids is 1. The number of ether oxygens (including phenoxy) is 1. The molecule has 1 amide bonds. The molecule has 0 fully saturated rings. The van der Waals surface area contributed by atoms with E-state index >= 15 is 0 Å². The number of para-hydroxylation sites is 1. The number of hydrogen-bond donors (Lipinski definition) is 1. The van der Waals surface area contributed by atoms with Gasteiger partial charge in [-0.1, -0.05) is 30.3 Å². The van der Waals surface area contributed by atoms with Crippen LogP contribution in [0.4, 0.5) is 4.39 Å². The van der Waals surface area contributed by atoms with Crippen molar-refractivity contribution in [3.05, 3.63) is 95.1 Å². The van der Waals surface area contributed by atoms with E-state index in [9.17, 15) is 9.18 Å². The lowest BCUT2D eigenvalue weighted by Crippen LogP contribution is -2.22. The van der Waals surface area contributed by atoms with Gasteiger partial charge in [0.25, 0.3) is 5.91 Å². The highest BCUT2D eigenvalue weighted by molar-refractivity contribution is 7.13. The van der Waals surface area contributed by atoms with Crippen molar-refractivity contribution >= 4 is 17.2 Å². The predicted molar refractivity (Wildman–Crippen MR) is 108 cm³/mol. The number of nitrogens with one attached hydrogen (secondary N) is 1. The molecular weight excluding hydrogens is 391 g/mol. The lowest BCUT2D eigenvalue weighted by Gasteiger charge is -2.10. The van der Waals surface area contributed by atoms with E-state index in [1.807, 2.05) is 18.2 Å². The van der Waals surface area contributed by atoms with Gasteiger partial charge < -0.3 is 14.5 Å². The molecule has 2 heterocycles. The number of nitrogens with zero attached hydrogens (tertiary/aromatic N) is 1. The molecule has 0 atom stereocenters. The first-order valence-electron chi connectivity index (χ1n) is 8.92. The van der Waals surface area contributed by atoms with Crippen LogP contribution < -0.4 is 10.1 Å². The van der Waals surface area contributed by atoms with Crippen molar-refractivity contribution in [2.75, 3.05) is 0 Å². The Kier molecular flexibility index (Phi) is 5.67. The van der Waals surface area contributed by atoms with Crippen LogP contribution in [0.1, 0.15) is 21.8 Å². The number of aromatic nitrogens is 1. The van der Waals surface area contributed by atoms with Crippen molar-refractivity contribution in [2.24, 2.45) is 0 Å². The summed E-state index contributed by atoms with van der Waals surface area (Å²) < 4.78 is 24.9. The van der Waals surface area contributed by atoms with Crippen molar-refractivity contribution in [1.82, 2.24) is 10.3 Å². The molecule has 1 N–H and O–H groups in total. The molecule has 29 heavy (non-hydrogen) atoms. The molecule has 4 aromatic rings. The van der Waals surface area contributed by atoms with Gasteiger partial charge >= 0.3 is 0 Å². The third-order valence-electron chi connectivity index (χ3n) is 4.20. The lowest BCUT2D eigenvalue weighted by atomic mass is 10.2. The molecule has 0 aliphatic rings. The summed E-state index contributed by atoms with van der Waals surface area (Å²) in [6, 6.07) is 17.4. The number of furan rings is 1. The first-order valence-corrected chi connectivity index (χ1v) is 9.80. The van der Waals surface area contributed by atoms with Gasteiger partial charge in [-0.25, -0.2) is 9.37 Å². The molecule has 7 heteroatoms. The maximum Gasteiger partial charge on any atom is 0.271 e. The minimum atomic E-state index is -0.310. The van der Waals surface area contributed by atoms with Crippen LogP contribution in [0.3, 0.4) is 0 Å². The molecule has 2 aromatic carbocycles. The Balaban J connectivity index is 1.47. The van der Waals surface area contributed by atoms with Gasteiger partial charge in [0.2, 0.25) is 0 Å². The number of carbonyl (C=O) groups is 1. The average molecular weight is 408 g/mol. The quantitative estimate of drug-likeness (QED) is 0.465. The zero-order chi connectivity index (χ0) is 20.1. The summed E-state index contributed by atoms with van der Waals surface area (Å²) in [4.78, 5) is 16.8. The number of hydrogen-bond acceptors (Lipinski definition) is 5. The maximum atomic E-state index is 13.8. The number of benzene rings is 2. The summed E-state index contributed by atoms with van der Waals surface area (Å²) in [6.07, 6.45) is 1.56. The van der Waals surface area contributed by atoms with Gasteiger partial charge in [-0.2, -0.15) is 0 Å². The molecule has 5 nitrogen and oxygen atoms in total. The molecular formula is C22H17FN2O3S. The summed E-state index contributed by atoms with van der Waals surface area (Å²) >= 11 is 1.34. The van der Waals surface area contributed by atoms with Crippen molar-refractivity contribution < 1.29 is 18.3 Å². The van der Waals surface area contributed by atoms with E-state index in [1.54, 1.807) is 48.0 Å². The third kappa shape index (κ3) is 4.52. The number of rotatable bonds is 7. The van der Waals surface area contributed by atoms with E-state index in [1.165, 1.54) is 17.4 Å². The molecule has 0 radical (unpaired) electrons. The van der Waals surface area contributed by atoms with Crippen LogP contribution >= 0.6 is 11.3 Å². The van der Waals surface area contributed by atoms with Gasteiger partial charge in [0.15, 0.2) is 0 Å². The van der Waals surface area contributed by atoms with Crippen LogP contribution in [-0.4, -0.2) is 10.9 Å². The normalized spacial score (nSPS) is 10.7. The van der Waals surface area contributed by atoms with Gasteiger partial charge in [0.1, 0.15) is 34.6 Å². The van der Waals surface area contributed by atoms with E-state index in [2.05, 4.69) is 10.3 Å². The van der Waals surface area contributed by atoms with E-state index < -0.39 is 0 Å². The first-order chi connectivity index (χ1) is 14.2. The van der Waals surface area contributed by atoms with Gasteiger partial charge in [-0.05, 0) is 30.3 Å². The van der Waals surface area contributed by atoms with Gasteiger partial charge in [-0.3, -0.25) is 4.79 Å². The SMILES string of the molecule is O=C(NCc1ccco1)c1csc(-c2ccccc2OCc2ccccc2F)n1. The smallest absolute Gasteiger partial charge is 0.271 e. The van der Waals surface area contributed by atoms with Crippen LogP contribution in [0, 0.1) is 5.82 Å². The van der Waals surface area contributed by atoms with Crippen molar-refractivity contribution in [3.8, 4) is 16.3 Å². The molecule has 0 aliphatic heterocycles. The molecule has 2 aromatic heterocycles. The average Bonchev–Trinajstić information content (AvgIpc) is 3.44. The highest BCUT2D eigenvalue weighted by atomic mass is 32.1. The fraction of sp³-hybridized carbons (Fsp3) is 0.0909. The summed E-state index contributed by atoms with van der Waals surface area (Å²) in [5.41, 5.74) is 1.54. The molecule has 146 valence electrons. The molecule has 0 unspecified atom stereocenters. The summed E-state index contributed by atoms with van der Waals surface area (Å²) in [6.45, 7) is 0.395. The Hall–Kier alpha value is -3.45. The van der Waals surface area contributed by atoms with Crippen LogP contribution in [0.25, 0.3) is 10.6 Å². The minimum Gasteiger partial charge on any atom is -0.488 e. The first kappa shape index (κ1) is 18.9. The second-order valence-corrected chi connectivity index (χ2v) is 7.03. The molecule has 0 spiro atoms. The Morgan fingerprint density at radius 3 is 2.76 bits per heavy atom. The van der Waals surface area contributed by atoms with Crippen molar-refractivity contribution in [2.45, 2.75) is 13.2 Å². The zero-order valence-corrected chi connectivity index (χ0v) is 16.1. The highest BCUT2D eigenvalue weighted by Crippen LogP contribution is 2.32. The van der Waals surface area contributed by atoms with E-state index in [0.29, 0.717) is 34.3 Å². The van der Waals surface area contributed by atoms with E-state index in [-0.39, 0.29) is 18.3 Å². The largest absolute Gasteiger partial charge is 0.488 e. The fourth-order valence-electron chi connectivity index (χ4n) is 2.71. The van der Waals surface area contributed by atoms with Crippen molar-refractivity contribution in [1.29, 1.82) is 0 Å². The number of amides is 1. The summed E-state index contributed by atoms with van der Waals surface area (Å²) in [7, 11) is 0. The minimum absolute atomic E-state index is 0.103. The molecule has 0 saturated heterocycles. The number of halogens is 1. The lowest BCUT2D eigenvalue weighted by molar-refractivity contribution is 0.0944. The Morgan fingerprint density at radius 2 is 1.93 bits per heavy atom. The standard InChI is InChI=1S/C22H17FN2O3S/c23-18-9-3-1-6-15(18)13-28-20-10-4-2-8-17(20)22-25-19(14-29-22)21(26)24-12-16-7-5-11-27-16/h1-11,14H,12-13H2,(H,24,26). The van der Waals surface area contributed by atoms with Gasteiger partial charge in [-0.15, -0.1) is 11.3 Å². The van der Waals surface area contributed by atoms with E-state index in [0.717, 1.165) is 5.56 Å². The third-order valence-corrected chi connectivity index (χ3v) is 5.07. The van der Waals surface area contributed by atoms with Crippen LogP contribution in [-0.2, 0) is 13.2 Å². The van der Waals surface area contributed by atoms with E-state index in [4.69, 9.17) is 9.15 Å². The summed E-state index contributed by atoms with van der Waals surface area (Å²) in [5, 5.41) is 5.12. The predicted octanol–water partition coefficient (Wildman–Crippen LogP) is 5.05. The second-order valence-electron chi connectivity index (χ2n) is 6.18. The van der Waals surface area contributed by atoms with Gasteiger partial charge in [0.05, 0.1) is 18.4 Å². The summed E-state index contributed by atoms with van der Waals surface area (Å²) in [5.74, 6) is 0.650. The van der Waals surface area contributed by atoms with Crippen LogP contribution in [0.2, 0.25) is 0 Å². The molecule has 0 aliphatic carbocycles. The van der Waals surface area contributed by atoms with Crippen LogP contribution in [0.15, 0.2) is 76.7 Å². The molecule has 4 rings (SSSR count). The van der Waals surface area contributed by atoms with Crippen LogP contribution in [0.5, 0.6) is 5.75 Å². The number of thiazole rings is 1. The Morgan fingerprint density at radius 1 is 1.10 bits per heavy atom. The monoisotopic (exact) mass is 408 g/mol. The van der Waals surface area contributed by atoms with Gasteiger partial charge in [0, 0.05) is 10.9 Å². The second kappa shape index (κ2) is 8.70. The zero-order valence-electron chi connectivity index (χ0n) is 15.3. The Labute approximate surface area is 170 Å². The molecule has 0 saturated carbocycles. The highest BCUT2D eigenvalue weighted by Gasteiger charge is 2.15. The maximum absolute atomic E-state index is 13.8. The Bertz CT molecular complexity index is 1110. The molecule has 0 bridgehead atoms. The fourth-order valence-corrected chi connectivity index (χ4v) is 3.54. The topological polar surface area (TPSA) is 64.4 Å².